The lowest BCUT2D eigenvalue weighted by molar-refractivity contribution is -0.111. The lowest BCUT2D eigenvalue weighted by atomic mass is 10.0. The Kier molecular flexibility index (Phi) is 8.79. The fourth-order valence-electron chi connectivity index (χ4n) is 3.26. The first-order chi connectivity index (χ1) is 16.1. The molecule has 0 fully saturated rings. The Morgan fingerprint density at radius 3 is 2.27 bits per heavy atom. The van der Waals surface area contributed by atoms with Crippen LogP contribution in [-0.2, 0) is 9.53 Å². The molecule has 3 aromatic rings. The number of amides is 2. The second kappa shape index (κ2) is 12.2. The molecule has 0 aliphatic carbocycles. The summed E-state index contributed by atoms with van der Waals surface area (Å²) >= 11 is 0. The average Bonchev–Trinajstić information content (AvgIpc) is 2.86. The van der Waals surface area contributed by atoms with Gasteiger partial charge in [-0.15, -0.1) is 0 Å². The Hall–Kier alpha value is -3.90. The molecule has 0 radical (unpaired) electrons. The van der Waals surface area contributed by atoms with Crippen LogP contribution >= 0.6 is 0 Å². The van der Waals surface area contributed by atoms with E-state index < -0.39 is 0 Å². The van der Waals surface area contributed by atoms with Gasteiger partial charge in [0.25, 0.3) is 11.8 Å². The third-order valence-electron chi connectivity index (χ3n) is 4.99. The molecule has 0 saturated heterocycles. The number of benzene rings is 3. The van der Waals surface area contributed by atoms with E-state index in [1.807, 2.05) is 60.7 Å². The second-order valence-corrected chi connectivity index (χ2v) is 7.30. The maximum absolute atomic E-state index is 13.4. The van der Waals surface area contributed by atoms with Crippen LogP contribution < -0.4 is 15.4 Å². The first-order valence-corrected chi connectivity index (χ1v) is 10.7. The van der Waals surface area contributed by atoms with Gasteiger partial charge in [0.05, 0.1) is 18.4 Å². The van der Waals surface area contributed by atoms with Crippen molar-refractivity contribution in [2.45, 2.75) is 6.42 Å². The largest absolute Gasteiger partial charge is 0.497 e. The Morgan fingerprint density at radius 1 is 0.879 bits per heavy atom. The molecule has 0 heterocycles. The Balaban J connectivity index is 1.86. The van der Waals surface area contributed by atoms with Gasteiger partial charge in [-0.2, -0.15) is 0 Å². The summed E-state index contributed by atoms with van der Waals surface area (Å²) in [7, 11) is 3.23. The minimum Gasteiger partial charge on any atom is -0.497 e. The zero-order valence-electron chi connectivity index (χ0n) is 18.8. The van der Waals surface area contributed by atoms with E-state index in [0.29, 0.717) is 36.4 Å². The number of carbonyl (C=O) groups excluding carboxylic acids is 2. The standard InChI is InChI=1S/C27H28N2O4/c1-32-18-8-17-28-26(30)23-11-6-7-12-25(23)29-27(31)24(21-9-4-3-5-10-21)19-20-13-15-22(33-2)16-14-20/h3-7,9-16,19H,8,17-18H2,1-2H3,(H,28,30)(H,29,31)/b24-19+. The van der Waals surface area contributed by atoms with Crippen molar-refractivity contribution in [3.05, 3.63) is 95.6 Å². The molecule has 6 nitrogen and oxygen atoms in total. The van der Waals surface area contributed by atoms with Crippen LogP contribution in [0.1, 0.15) is 27.9 Å². The van der Waals surface area contributed by atoms with Gasteiger partial charge < -0.3 is 20.1 Å². The van der Waals surface area contributed by atoms with Crippen molar-refractivity contribution in [2.24, 2.45) is 0 Å². The van der Waals surface area contributed by atoms with Crippen molar-refractivity contribution in [1.29, 1.82) is 0 Å². The normalized spacial score (nSPS) is 11.0. The van der Waals surface area contributed by atoms with Crippen LogP contribution in [-0.4, -0.2) is 39.2 Å². The molecule has 0 saturated carbocycles. The van der Waals surface area contributed by atoms with E-state index >= 15 is 0 Å². The minimum atomic E-state index is -0.309. The maximum atomic E-state index is 13.4. The third-order valence-corrected chi connectivity index (χ3v) is 4.99. The molecule has 0 aliphatic heterocycles. The highest BCUT2D eigenvalue weighted by Crippen LogP contribution is 2.23. The molecule has 0 aromatic heterocycles. The summed E-state index contributed by atoms with van der Waals surface area (Å²) in [5.74, 6) is 0.183. The van der Waals surface area contributed by atoms with E-state index in [0.717, 1.165) is 16.9 Å². The van der Waals surface area contributed by atoms with E-state index in [-0.39, 0.29) is 11.8 Å². The number of rotatable bonds is 10. The molecule has 3 rings (SSSR count). The van der Waals surface area contributed by atoms with Crippen LogP contribution in [0.3, 0.4) is 0 Å². The highest BCUT2D eigenvalue weighted by atomic mass is 16.5. The summed E-state index contributed by atoms with van der Waals surface area (Å²) < 4.78 is 10.2. The molecule has 0 unspecified atom stereocenters. The molecule has 2 N–H and O–H groups in total. The van der Waals surface area contributed by atoms with Gasteiger partial charge in [0.1, 0.15) is 5.75 Å². The van der Waals surface area contributed by atoms with Crippen molar-refractivity contribution in [3.8, 4) is 5.75 Å². The quantitative estimate of drug-likeness (QED) is 0.271. The summed E-state index contributed by atoms with van der Waals surface area (Å²) in [4.78, 5) is 26.0. The predicted molar refractivity (Wildman–Crippen MR) is 131 cm³/mol. The SMILES string of the molecule is COCCCNC(=O)c1ccccc1NC(=O)/C(=C/c1ccc(OC)cc1)c1ccccc1. The van der Waals surface area contributed by atoms with Crippen LogP contribution in [0.15, 0.2) is 78.9 Å². The summed E-state index contributed by atoms with van der Waals surface area (Å²) in [5, 5.41) is 5.78. The van der Waals surface area contributed by atoms with Crippen molar-refractivity contribution in [1.82, 2.24) is 5.32 Å². The van der Waals surface area contributed by atoms with Crippen molar-refractivity contribution >= 4 is 29.2 Å². The van der Waals surface area contributed by atoms with Gasteiger partial charge >= 0.3 is 0 Å². The molecule has 3 aromatic carbocycles. The van der Waals surface area contributed by atoms with Crippen LogP contribution in [0, 0.1) is 0 Å². The monoisotopic (exact) mass is 444 g/mol. The Morgan fingerprint density at radius 2 is 1.58 bits per heavy atom. The van der Waals surface area contributed by atoms with E-state index in [2.05, 4.69) is 10.6 Å². The minimum absolute atomic E-state index is 0.248. The molecule has 0 aliphatic rings. The molecule has 2 amide bonds. The summed E-state index contributed by atoms with van der Waals surface area (Å²) in [6, 6.07) is 23.8. The number of hydrogen-bond acceptors (Lipinski definition) is 4. The molecular weight excluding hydrogens is 416 g/mol. The van der Waals surface area contributed by atoms with E-state index in [1.54, 1.807) is 38.5 Å². The average molecular weight is 445 g/mol. The maximum Gasteiger partial charge on any atom is 0.256 e. The molecule has 0 bridgehead atoms. The number of carbonyl (C=O) groups is 2. The Bertz CT molecular complexity index is 1090. The zero-order valence-corrected chi connectivity index (χ0v) is 18.8. The van der Waals surface area contributed by atoms with Gasteiger partial charge in [-0.1, -0.05) is 54.6 Å². The van der Waals surface area contributed by atoms with Crippen LogP contribution in [0.2, 0.25) is 0 Å². The third kappa shape index (κ3) is 6.79. The summed E-state index contributed by atoms with van der Waals surface area (Å²) in [5.41, 5.74) is 2.96. The number of hydrogen-bond donors (Lipinski definition) is 2. The van der Waals surface area contributed by atoms with Gasteiger partial charge in [-0.3, -0.25) is 9.59 Å². The van der Waals surface area contributed by atoms with Gasteiger partial charge in [0.15, 0.2) is 0 Å². The van der Waals surface area contributed by atoms with Crippen molar-refractivity contribution < 1.29 is 19.1 Å². The molecule has 33 heavy (non-hydrogen) atoms. The first kappa shape index (κ1) is 23.8. The van der Waals surface area contributed by atoms with Gasteiger partial charge in [0.2, 0.25) is 0 Å². The van der Waals surface area contributed by atoms with E-state index in [9.17, 15) is 9.59 Å². The molecular formula is C27H28N2O4. The Labute approximate surface area is 194 Å². The molecule has 170 valence electrons. The van der Waals surface area contributed by atoms with Crippen molar-refractivity contribution in [3.63, 3.8) is 0 Å². The second-order valence-electron chi connectivity index (χ2n) is 7.30. The molecule has 0 spiro atoms. The first-order valence-electron chi connectivity index (χ1n) is 10.7. The number of para-hydroxylation sites is 1. The predicted octanol–water partition coefficient (Wildman–Crippen LogP) is 4.64. The lowest BCUT2D eigenvalue weighted by Gasteiger charge is -2.13. The van der Waals surface area contributed by atoms with Crippen LogP contribution in [0.25, 0.3) is 11.6 Å². The zero-order chi connectivity index (χ0) is 23.5. The highest BCUT2D eigenvalue weighted by molar-refractivity contribution is 6.29. The number of methoxy groups -OCH3 is 2. The van der Waals surface area contributed by atoms with E-state index in [1.165, 1.54) is 0 Å². The van der Waals surface area contributed by atoms with Crippen LogP contribution in [0.5, 0.6) is 5.75 Å². The highest BCUT2D eigenvalue weighted by Gasteiger charge is 2.17. The number of anilines is 1. The number of nitrogens with one attached hydrogen (secondary N) is 2. The topological polar surface area (TPSA) is 76.7 Å². The fourth-order valence-corrected chi connectivity index (χ4v) is 3.26. The van der Waals surface area contributed by atoms with Gasteiger partial charge in [-0.05, 0) is 47.9 Å². The summed E-state index contributed by atoms with van der Waals surface area (Å²) in [6.45, 7) is 1.05. The van der Waals surface area contributed by atoms with Crippen LogP contribution in [0.4, 0.5) is 5.69 Å². The molecule has 0 atom stereocenters. The van der Waals surface area contributed by atoms with Gasteiger partial charge in [0, 0.05) is 25.8 Å². The van der Waals surface area contributed by atoms with Gasteiger partial charge in [-0.25, -0.2) is 0 Å². The summed E-state index contributed by atoms with van der Waals surface area (Å²) in [6.07, 6.45) is 2.52. The van der Waals surface area contributed by atoms with Crippen molar-refractivity contribution in [2.75, 3.05) is 32.7 Å². The number of ether oxygens (including phenoxy) is 2. The van der Waals surface area contributed by atoms with E-state index in [4.69, 9.17) is 9.47 Å². The smallest absolute Gasteiger partial charge is 0.256 e. The lowest BCUT2D eigenvalue weighted by Crippen LogP contribution is -2.27. The fraction of sp³-hybridized carbons (Fsp3) is 0.185. The molecule has 6 heteroatoms.